The second-order valence-corrected chi connectivity index (χ2v) is 6.99. The number of oxazole rings is 1. The minimum absolute atomic E-state index is 0.111. The van der Waals surface area contributed by atoms with Gasteiger partial charge in [-0.25, -0.2) is 9.78 Å². The highest BCUT2D eigenvalue weighted by atomic mass is 19.4. The standard InChI is InChI=1S/C24H22F3NO4/c1-4-30-22(29)12-15(2)18-6-5-7-20(13-18)31-14-21-16(3)32-23(28-21)17-8-10-19(11-9-17)24(25,26)27/h5-13H,4,14H2,1-3H3/b15-12+. The van der Waals surface area contributed by atoms with Crippen molar-refractivity contribution in [2.75, 3.05) is 6.61 Å². The number of carbonyl (C=O) groups excluding carboxylic acids is 1. The lowest BCUT2D eigenvalue weighted by molar-refractivity contribution is -0.138. The summed E-state index contributed by atoms with van der Waals surface area (Å²) in [6.07, 6.45) is -2.98. The summed E-state index contributed by atoms with van der Waals surface area (Å²) >= 11 is 0. The molecule has 2 aromatic carbocycles. The van der Waals surface area contributed by atoms with Crippen LogP contribution in [-0.4, -0.2) is 17.6 Å². The van der Waals surface area contributed by atoms with Crippen LogP contribution in [0.3, 0.4) is 0 Å². The molecule has 8 heteroatoms. The number of esters is 1. The number of carbonyl (C=O) groups is 1. The summed E-state index contributed by atoms with van der Waals surface area (Å²) in [4.78, 5) is 16.0. The zero-order valence-electron chi connectivity index (χ0n) is 17.8. The molecule has 0 aliphatic rings. The van der Waals surface area contributed by atoms with E-state index < -0.39 is 17.7 Å². The summed E-state index contributed by atoms with van der Waals surface area (Å²) in [5.41, 5.74) is 1.77. The molecule has 168 valence electrons. The van der Waals surface area contributed by atoms with Gasteiger partial charge in [0, 0.05) is 11.6 Å². The number of alkyl halides is 3. The molecule has 3 aromatic rings. The van der Waals surface area contributed by atoms with Crippen LogP contribution in [0.2, 0.25) is 0 Å². The predicted octanol–water partition coefficient (Wildman–Crippen LogP) is 6.21. The second kappa shape index (κ2) is 9.72. The summed E-state index contributed by atoms with van der Waals surface area (Å²) in [6, 6.07) is 11.8. The van der Waals surface area contributed by atoms with Crippen molar-refractivity contribution in [3.05, 3.63) is 77.2 Å². The van der Waals surface area contributed by atoms with Crippen LogP contribution in [0.25, 0.3) is 17.0 Å². The summed E-state index contributed by atoms with van der Waals surface area (Å²) < 4.78 is 54.6. The highest BCUT2D eigenvalue weighted by Crippen LogP contribution is 2.31. The molecule has 1 aromatic heterocycles. The molecule has 1 heterocycles. The third-order valence-electron chi connectivity index (χ3n) is 4.64. The molecule has 0 bridgehead atoms. The number of ether oxygens (including phenoxy) is 2. The SMILES string of the molecule is CCOC(=O)/C=C(\C)c1cccc(OCc2nc(-c3ccc(C(F)(F)F)cc3)oc2C)c1. The molecule has 0 N–H and O–H groups in total. The number of allylic oxidation sites excluding steroid dienone is 1. The van der Waals surface area contributed by atoms with Gasteiger partial charge in [-0.05, 0) is 68.3 Å². The Bertz CT molecular complexity index is 1120. The van der Waals surface area contributed by atoms with Crippen molar-refractivity contribution in [3.63, 3.8) is 0 Å². The average Bonchev–Trinajstić information content (AvgIpc) is 3.12. The maximum atomic E-state index is 12.7. The molecule has 5 nitrogen and oxygen atoms in total. The van der Waals surface area contributed by atoms with Crippen molar-refractivity contribution in [3.8, 4) is 17.2 Å². The van der Waals surface area contributed by atoms with Gasteiger partial charge in [-0.15, -0.1) is 0 Å². The molecule has 0 radical (unpaired) electrons. The first kappa shape index (κ1) is 23.1. The molecule has 0 unspecified atom stereocenters. The Labute approximate surface area is 183 Å². The Balaban J connectivity index is 1.71. The van der Waals surface area contributed by atoms with Crippen molar-refractivity contribution in [1.82, 2.24) is 4.98 Å². The summed E-state index contributed by atoms with van der Waals surface area (Å²) in [5.74, 6) is 0.883. The third kappa shape index (κ3) is 5.78. The van der Waals surface area contributed by atoms with Gasteiger partial charge in [0.05, 0.1) is 12.2 Å². The number of halogens is 3. The first-order valence-corrected chi connectivity index (χ1v) is 9.89. The second-order valence-electron chi connectivity index (χ2n) is 6.99. The van der Waals surface area contributed by atoms with Gasteiger partial charge >= 0.3 is 12.1 Å². The Morgan fingerprint density at radius 3 is 2.53 bits per heavy atom. The largest absolute Gasteiger partial charge is 0.487 e. The van der Waals surface area contributed by atoms with Crippen LogP contribution in [0.4, 0.5) is 13.2 Å². The Kier molecular flexibility index (Phi) is 7.02. The van der Waals surface area contributed by atoms with Gasteiger partial charge in [0.15, 0.2) is 0 Å². The van der Waals surface area contributed by atoms with Gasteiger partial charge in [0.2, 0.25) is 5.89 Å². The molecule has 0 aliphatic carbocycles. The van der Waals surface area contributed by atoms with Gasteiger partial charge in [-0.2, -0.15) is 13.2 Å². The molecular formula is C24H22F3NO4. The number of nitrogens with zero attached hydrogens (tertiary/aromatic N) is 1. The predicted molar refractivity (Wildman–Crippen MR) is 113 cm³/mol. The maximum Gasteiger partial charge on any atom is 0.416 e. The zero-order chi connectivity index (χ0) is 23.3. The highest BCUT2D eigenvalue weighted by molar-refractivity contribution is 5.91. The van der Waals surface area contributed by atoms with E-state index in [1.807, 2.05) is 6.07 Å². The molecule has 3 rings (SSSR count). The van der Waals surface area contributed by atoms with Crippen LogP contribution in [0.15, 0.2) is 59.0 Å². The monoisotopic (exact) mass is 445 g/mol. The maximum absolute atomic E-state index is 12.7. The van der Waals surface area contributed by atoms with Crippen molar-refractivity contribution in [2.24, 2.45) is 0 Å². The molecule has 0 amide bonds. The van der Waals surface area contributed by atoms with E-state index in [1.165, 1.54) is 18.2 Å². The number of rotatable bonds is 7. The Morgan fingerprint density at radius 2 is 1.88 bits per heavy atom. The molecule has 0 fully saturated rings. The van der Waals surface area contributed by atoms with Gasteiger partial charge in [-0.1, -0.05) is 12.1 Å². The van der Waals surface area contributed by atoms with E-state index >= 15 is 0 Å². The molecule has 0 saturated heterocycles. The quantitative estimate of drug-likeness (QED) is 0.319. The van der Waals surface area contributed by atoms with E-state index in [0.29, 0.717) is 29.4 Å². The minimum atomic E-state index is -4.40. The minimum Gasteiger partial charge on any atom is -0.487 e. The van der Waals surface area contributed by atoms with Crippen LogP contribution in [0.1, 0.15) is 36.4 Å². The van der Waals surface area contributed by atoms with E-state index in [-0.39, 0.29) is 12.5 Å². The zero-order valence-corrected chi connectivity index (χ0v) is 17.8. The van der Waals surface area contributed by atoms with Gasteiger partial charge < -0.3 is 13.9 Å². The number of aromatic nitrogens is 1. The fraction of sp³-hybridized carbons (Fsp3) is 0.250. The highest BCUT2D eigenvalue weighted by Gasteiger charge is 2.30. The molecule has 0 atom stereocenters. The number of hydrogen-bond acceptors (Lipinski definition) is 5. The van der Waals surface area contributed by atoms with Crippen LogP contribution >= 0.6 is 0 Å². The number of aryl methyl sites for hydroxylation is 1. The van der Waals surface area contributed by atoms with Crippen LogP contribution in [0, 0.1) is 6.92 Å². The van der Waals surface area contributed by atoms with Crippen LogP contribution in [-0.2, 0) is 22.3 Å². The summed E-state index contributed by atoms with van der Waals surface area (Å²) in [7, 11) is 0. The van der Waals surface area contributed by atoms with Crippen molar-refractivity contribution in [1.29, 1.82) is 0 Å². The number of benzene rings is 2. The lowest BCUT2D eigenvalue weighted by Crippen LogP contribution is -2.04. The van der Waals surface area contributed by atoms with Gasteiger partial charge in [0.1, 0.15) is 23.8 Å². The Hall–Kier alpha value is -3.55. The first-order valence-electron chi connectivity index (χ1n) is 9.89. The fourth-order valence-electron chi connectivity index (χ4n) is 2.91. The summed E-state index contributed by atoms with van der Waals surface area (Å²) in [5, 5.41) is 0. The molecule has 0 aliphatic heterocycles. The molecule has 0 spiro atoms. The third-order valence-corrected chi connectivity index (χ3v) is 4.64. The molecule has 32 heavy (non-hydrogen) atoms. The first-order chi connectivity index (χ1) is 15.2. The van der Waals surface area contributed by atoms with E-state index in [1.54, 1.807) is 39.0 Å². The van der Waals surface area contributed by atoms with Crippen LogP contribution in [0.5, 0.6) is 5.75 Å². The van der Waals surface area contributed by atoms with E-state index in [9.17, 15) is 18.0 Å². The number of hydrogen-bond donors (Lipinski definition) is 0. The van der Waals surface area contributed by atoms with E-state index in [2.05, 4.69) is 4.98 Å². The average molecular weight is 445 g/mol. The van der Waals surface area contributed by atoms with E-state index in [4.69, 9.17) is 13.9 Å². The topological polar surface area (TPSA) is 61.6 Å². The smallest absolute Gasteiger partial charge is 0.416 e. The van der Waals surface area contributed by atoms with Gasteiger partial charge in [0.25, 0.3) is 0 Å². The lowest BCUT2D eigenvalue weighted by atomic mass is 10.1. The van der Waals surface area contributed by atoms with Crippen LogP contribution < -0.4 is 4.74 Å². The van der Waals surface area contributed by atoms with Crippen molar-refractivity contribution in [2.45, 2.75) is 33.6 Å². The van der Waals surface area contributed by atoms with Gasteiger partial charge in [-0.3, -0.25) is 0 Å². The molecular weight excluding hydrogens is 423 g/mol. The fourth-order valence-corrected chi connectivity index (χ4v) is 2.91. The summed E-state index contributed by atoms with van der Waals surface area (Å²) in [6.45, 7) is 5.66. The Morgan fingerprint density at radius 1 is 1.16 bits per heavy atom. The normalized spacial score (nSPS) is 12.0. The van der Waals surface area contributed by atoms with Crippen molar-refractivity contribution >= 4 is 11.5 Å². The van der Waals surface area contributed by atoms with E-state index in [0.717, 1.165) is 23.3 Å². The lowest BCUT2D eigenvalue weighted by Gasteiger charge is -2.08. The van der Waals surface area contributed by atoms with Crippen molar-refractivity contribution < 1.29 is 31.9 Å². The molecule has 0 saturated carbocycles.